The van der Waals surface area contributed by atoms with E-state index in [4.69, 9.17) is 14.2 Å². The minimum absolute atomic E-state index is 0.143. The molecule has 6 heteroatoms. The minimum Gasteiger partial charge on any atom is -0.462 e. The minimum atomic E-state index is -0.852. The number of hydrogen-bond donors (Lipinski definition) is 0. The predicted molar refractivity (Wildman–Crippen MR) is 306 cm³/mol. The van der Waals surface area contributed by atoms with Gasteiger partial charge in [0.25, 0.3) is 0 Å². The van der Waals surface area contributed by atoms with Crippen LogP contribution >= 0.6 is 0 Å². The summed E-state index contributed by atoms with van der Waals surface area (Å²) in [6, 6.07) is 0. The Balaban J connectivity index is 4.68. The van der Waals surface area contributed by atoms with Crippen molar-refractivity contribution in [3.05, 3.63) is 194 Å². The Labute approximate surface area is 433 Å². The second-order valence-electron chi connectivity index (χ2n) is 16.8. The summed E-state index contributed by atoms with van der Waals surface area (Å²) in [5.41, 5.74) is 0. The average molecular weight is 971 g/mol. The molecule has 0 spiro atoms. The predicted octanol–water partition coefficient (Wildman–Crippen LogP) is 18.3. The van der Waals surface area contributed by atoms with E-state index < -0.39 is 6.10 Å². The molecule has 0 aromatic carbocycles. The summed E-state index contributed by atoms with van der Waals surface area (Å²) in [6.45, 7) is 6.11. The van der Waals surface area contributed by atoms with Crippen molar-refractivity contribution in [1.82, 2.24) is 0 Å². The first-order valence-electron chi connectivity index (χ1n) is 27.0. The van der Waals surface area contributed by atoms with Crippen LogP contribution in [0.5, 0.6) is 0 Å². The monoisotopic (exact) mass is 971 g/mol. The summed E-state index contributed by atoms with van der Waals surface area (Å²) in [7, 11) is 0. The number of rotatable bonds is 45. The summed E-state index contributed by atoms with van der Waals surface area (Å²) in [4.78, 5) is 38.1. The molecular weight excluding hydrogens is 877 g/mol. The van der Waals surface area contributed by atoms with E-state index in [2.05, 4.69) is 154 Å². The van der Waals surface area contributed by atoms with E-state index in [1.54, 1.807) is 0 Å². The summed E-state index contributed by atoms with van der Waals surface area (Å²) >= 11 is 0. The van der Waals surface area contributed by atoms with Crippen molar-refractivity contribution in [2.75, 3.05) is 13.2 Å². The maximum Gasteiger partial charge on any atom is 0.306 e. The maximum absolute atomic E-state index is 12.8. The Bertz CT molecular complexity index is 1780. The molecule has 0 aromatic rings. The second-order valence-corrected chi connectivity index (χ2v) is 16.8. The van der Waals surface area contributed by atoms with E-state index >= 15 is 0 Å². The van der Waals surface area contributed by atoms with E-state index in [-0.39, 0.29) is 50.4 Å². The third-order valence-corrected chi connectivity index (χ3v) is 10.2. The number of allylic oxidation sites excluding steroid dienone is 32. The van der Waals surface area contributed by atoms with Crippen LogP contribution in [0.15, 0.2) is 194 Å². The summed E-state index contributed by atoms with van der Waals surface area (Å²) < 4.78 is 16.7. The lowest BCUT2D eigenvalue weighted by Gasteiger charge is -2.18. The number of ether oxygens (including phenoxy) is 3. The zero-order valence-electron chi connectivity index (χ0n) is 44.4. The van der Waals surface area contributed by atoms with Gasteiger partial charge in [0.2, 0.25) is 0 Å². The average Bonchev–Trinajstić information content (AvgIpc) is 3.37. The molecule has 0 aliphatic carbocycles. The number of unbranched alkanes of at least 4 members (excludes halogenated alkanes) is 7. The Morgan fingerprint density at radius 3 is 0.986 bits per heavy atom. The molecule has 0 amide bonds. The van der Waals surface area contributed by atoms with Crippen molar-refractivity contribution < 1.29 is 28.6 Å². The molecule has 0 rings (SSSR count). The summed E-state index contributed by atoms with van der Waals surface area (Å²) in [6.07, 6.45) is 87.0. The summed E-state index contributed by atoms with van der Waals surface area (Å²) in [5.74, 6) is -1.09. The van der Waals surface area contributed by atoms with Crippen LogP contribution in [0.25, 0.3) is 0 Å². The maximum atomic E-state index is 12.8. The van der Waals surface area contributed by atoms with Crippen LogP contribution in [-0.4, -0.2) is 37.2 Å². The zero-order valence-corrected chi connectivity index (χ0v) is 44.4. The highest BCUT2D eigenvalue weighted by Crippen LogP contribution is 2.10. The van der Waals surface area contributed by atoms with Gasteiger partial charge in [0, 0.05) is 19.3 Å². The summed E-state index contributed by atoms with van der Waals surface area (Å²) in [5, 5.41) is 0. The van der Waals surface area contributed by atoms with Gasteiger partial charge in [0.05, 0.1) is 0 Å². The molecule has 0 N–H and O–H groups in total. The third-order valence-electron chi connectivity index (χ3n) is 10.2. The Morgan fingerprint density at radius 1 is 0.296 bits per heavy atom. The Hall–Kier alpha value is -5.75. The highest BCUT2D eigenvalue weighted by atomic mass is 16.6. The van der Waals surface area contributed by atoms with Crippen LogP contribution in [0.3, 0.4) is 0 Å². The lowest BCUT2D eigenvalue weighted by molar-refractivity contribution is -0.167. The third kappa shape index (κ3) is 55.1. The van der Waals surface area contributed by atoms with Gasteiger partial charge in [-0.25, -0.2) is 0 Å². The molecule has 0 heterocycles. The molecular formula is C65H94O6. The molecule has 0 bridgehead atoms. The van der Waals surface area contributed by atoms with Gasteiger partial charge in [0.1, 0.15) is 13.2 Å². The van der Waals surface area contributed by atoms with Gasteiger partial charge in [-0.3, -0.25) is 14.4 Å². The fraction of sp³-hybridized carbons (Fsp3) is 0.462. The van der Waals surface area contributed by atoms with Gasteiger partial charge in [0.15, 0.2) is 6.10 Å². The van der Waals surface area contributed by atoms with Crippen LogP contribution in [-0.2, 0) is 28.6 Å². The van der Waals surface area contributed by atoms with Crippen molar-refractivity contribution in [3.8, 4) is 0 Å². The molecule has 1 unspecified atom stereocenters. The van der Waals surface area contributed by atoms with Crippen LogP contribution in [0.1, 0.15) is 175 Å². The molecule has 0 aromatic heterocycles. The van der Waals surface area contributed by atoms with Crippen molar-refractivity contribution in [3.63, 3.8) is 0 Å². The molecule has 0 fully saturated rings. The van der Waals surface area contributed by atoms with Gasteiger partial charge >= 0.3 is 17.9 Å². The normalized spacial score (nSPS) is 13.7. The number of carbonyl (C=O) groups excluding carboxylic acids is 3. The van der Waals surface area contributed by atoms with E-state index in [9.17, 15) is 14.4 Å². The first kappa shape index (κ1) is 65.2. The number of carbonyl (C=O) groups is 3. The Morgan fingerprint density at radius 2 is 0.592 bits per heavy atom. The van der Waals surface area contributed by atoms with Gasteiger partial charge in [-0.05, 0) is 122 Å². The largest absolute Gasteiger partial charge is 0.462 e. The first-order valence-corrected chi connectivity index (χ1v) is 27.0. The molecule has 0 aliphatic rings. The topological polar surface area (TPSA) is 78.9 Å². The van der Waals surface area contributed by atoms with E-state index in [1.165, 1.54) is 0 Å². The van der Waals surface area contributed by atoms with Gasteiger partial charge in [-0.1, -0.05) is 228 Å². The Kier molecular flexibility index (Phi) is 52.2. The van der Waals surface area contributed by atoms with Crippen molar-refractivity contribution in [1.29, 1.82) is 0 Å². The molecule has 71 heavy (non-hydrogen) atoms. The van der Waals surface area contributed by atoms with Crippen LogP contribution in [0, 0.1) is 0 Å². The van der Waals surface area contributed by atoms with Crippen LogP contribution in [0.2, 0.25) is 0 Å². The van der Waals surface area contributed by atoms with E-state index in [0.29, 0.717) is 12.8 Å². The first-order chi connectivity index (χ1) is 35.0. The zero-order chi connectivity index (χ0) is 51.4. The molecule has 390 valence electrons. The van der Waals surface area contributed by atoms with E-state index in [1.807, 2.05) is 60.8 Å². The molecule has 6 nitrogen and oxygen atoms in total. The molecule has 0 saturated heterocycles. The highest BCUT2D eigenvalue weighted by Gasteiger charge is 2.19. The van der Waals surface area contributed by atoms with Crippen LogP contribution < -0.4 is 0 Å². The fourth-order valence-electron chi connectivity index (χ4n) is 6.30. The smallest absolute Gasteiger partial charge is 0.306 e. The number of esters is 3. The van der Waals surface area contributed by atoms with Crippen molar-refractivity contribution >= 4 is 17.9 Å². The van der Waals surface area contributed by atoms with Gasteiger partial charge < -0.3 is 14.2 Å². The SMILES string of the molecule is CC\C=C/C=C\C=C/C=C\C=C\C=C/CCCCCC(=O)OC(COC(=O)CCC/C=C\C/C=C\C/C=C\C/C=C\C/C=C\CC)COC(=O)CCCCC/C=C\C/C=C\C/C=C\C/C=C\C/C=C\CC. The van der Waals surface area contributed by atoms with Crippen LogP contribution in [0.4, 0.5) is 0 Å². The standard InChI is InChI=1S/C65H94O6/c1-4-7-10-13-16-19-22-25-28-31-32-35-37-40-43-46-49-52-55-58-64(67)70-61-62(71-65(68)59-56-53-50-47-44-41-38-34-30-27-24-21-18-15-12-9-6-3)60-69-63(66)57-54-51-48-45-42-39-36-33-29-26-23-20-17-14-11-8-5-2/h7-12,15-21,24-30,32,34-36,38-41,43-45,48,62H,4-6,13-14,22-23,31,33,37,42,46-47,49-61H2,1-3H3/b10-7-,11-8-,12-9-,18-15-,19-16-,20-17-,24-21-,28-25-,29-26-,30-27-,35-32-,38-34+,39-36-,43-40-,44-41-,48-45-. The fourth-order valence-corrected chi connectivity index (χ4v) is 6.30. The second kappa shape index (κ2) is 56.8. The van der Waals surface area contributed by atoms with Gasteiger partial charge in [-0.2, -0.15) is 0 Å². The highest BCUT2D eigenvalue weighted by molar-refractivity contribution is 5.71. The molecule has 0 aliphatic heterocycles. The lowest BCUT2D eigenvalue weighted by atomic mass is 10.1. The number of hydrogen-bond acceptors (Lipinski definition) is 6. The quantitative estimate of drug-likeness (QED) is 0.0199. The lowest BCUT2D eigenvalue weighted by Crippen LogP contribution is -2.30. The van der Waals surface area contributed by atoms with E-state index in [0.717, 1.165) is 122 Å². The molecule has 0 radical (unpaired) electrons. The van der Waals surface area contributed by atoms with Gasteiger partial charge in [-0.15, -0.1) is 0 Å². The molecule has 1 atom stereocenters. The molecule has 0 saturated carbocycles. The van der Waals surface area contributed by atoms with Crippen molar-refractivity contribution in [2.45, 2.75) is 181 Å². The van der Waals surface area contributed by atoms with Crippen molar-refractivity contribution in [2.24, 2.45) is 0 Å².